The second-order valence-corrected chi connectivity index (χ2v) is 4.21. The van der Waals surface area contributed by atoms with Gasteiger partial charge >= 0.3 is 0 Å². The van der Waals surface area contributed by atoms with Crippen molar-refractivity contribution in [1.82, 2.24) is 0 Å². The molecule has 110 valence electrons. The highest BCUT2D eigenvalue weighted by Crippen LogP contribution is 2.25. The van der Waals surface area contributed by atoms with Crippen LogP contribution in [0.15, 0.2) is 36.4 Å². The van der Waals surface area contributed by atoms with E-state index in [1.807, 2.05) is 0 Å². The van der Waals surface area contributed by atoms with E-state index in [2.05, 4.69) is 5.32 Å². The number of hydrogen-bond donors (Lipinski definition) is 1. The second kappa shape index (κ2) is 6.17. The van der Waals surface area contributed by atoms with E-state index in [1.54, 1.807) is 7.05 Å². The average Bonchev–Trinajstić information content (AvgIpc) is 2.47. The molecule has 2 aromatic carbocycles. The zero-order chi connectivity index (χ0) is 15.4. The van der Waals surface area contributed by atoms with Gasteiger partial charge in [0.2, 0.25) is 0 Å². The normalized spacial score (nSPS) is 10.2. The fourth-order valence-corrected chi connectivity index (χ4v) is 1.80. The number of ether oxygens (including phenoxy) is 1. The van der Waals surface area contributed by atoms with Gasteiger partial charge in [0.25, 0.3) is 5.69 Å². The van der Waals surface area contributed by atoms with Gasteiger partial charge in [-0.3, -0.25) is 10.1 Å². The van der Waals surface area contributed by atoms with Crippen molar-refractivity contribution in [1.29, 1.82) is 0 Å². The second-order valence-electron chi connectivity index (χ2n) is 4.21. The summed E-state index contributed by atoms with van der Waals surface area (Å²) in [5.41, 5.74) is 0.972. The molecule has 0 aromatic heterocycles. The van der Waals surface area contributed by atoms with Crippen LogP contribution in [0, 0.1) is 21.7 Å². The van der Waals surface area contributed by atoms with Crippen molar-refractivity contribution in [2.75, 3.05) is 12.4 Å². The Labute approximate surface area is 119 Å². The fourth-order valence-electron chi connectivity index (χ4n) is 1.80. The maximum absolute atomic E-state index is 13.4. The molecular weight excluding hydrogens is 282 g/mol. The Kier molecular flexibility index (Phi) is 4.32. The molecule has 0 unspecified atom stereocenters. The van der Waals surface area contributed by atoms with Gasteiger partial charge in [0.05, 0.1) is 4.92 Å². The van der Waals surface area contributed by atoms with Crippen molar-refractivity contribution in [3.63, 3.8) is 0 Å². The molecule has 2 rings (SSSR count). The molecule has 0 aliphatic heterocycles. The molecule has 0 atom stereocenters. The maximum atomic E-state index is 13.4. The summed E-state index contributed by atoms with van der Waals surface area (Å²) >= 11 is 0. The molecule has 21 heavy (non-hydrogen) atoms. The van der Waals surface area contributed by atoms with Crippen LogP contribution in [-0.2, 0) is 6.61 Å². The lowest BCUT2D eigenvalue weighted by Gasteiger charge is -2.11. The predicted molar refractivity (Wildman–Crippen MR) is 73.3 cm³/mol. The highest BCUT2D eigenvalue weighted by atomic mass is 19.1. The molecule has 7 heteroatoms. The summed E-state index contributed by atoms with van der Waals surface area (Å²) in [4.78, 5) is 10.2. The molecule has 5 nitrogen and oxygen atoms in total. The molecular formula is C14H12F2N2O3. The first-order chi connectivity index (χ1) is 10.0. The number of nitro benzene ring substituents is 1. The monoisotopic (exact) mass is 294 g/mol. The van der Waals surface area contributed by atoms with Gasteiger partial charge in [-0.15, -0.1) is 0 Å². The summed E-state index contributed by atoms with van der Waals surface area (Å²) in [6.07, 6.45) is 0. The van der Waals surface area contributed by atoms with Gasteiger partial charge in [-0.1, -0.05) is 0 Å². The number of nitro groups is 1. The van der Waals surface area contributed by atoms with E-state index in [0.717, 1.165) is 18.2 Å². The molecule has 0 saturated carbocycles. The molecule has 0 aliphatic carbocycles. The first-order valence-electron chi connectivity index (χ1n) is 6.04. The largest absolute Gasteiger partial charge is 0.486 e. The number of nitrogens with one attached hydrogen (secondary N) is 1. The first-order valence-corrected chi connectivity index (χ1v) is 6.04. The third kappa shape index (κ3) is 3.44. The van der Waals surface area contributed by atoms with Gasteiger partial charge in [-0.2, -0.15) is 0 Å². The third-order valence-electron chi connectivity index (χ3n) is 2.85. The Hall–Kier alpha value is -2.70. The van der Waals surface area contributed by atoms with Crippen molar-refractivity contribution in [3.05, 3.63) is 63.7 Å². The zero-order valence-corrected chi connectivity index (χ0v) is 11.1. The van der Waals surface area contributed by atoms with Gasteiger partial charge < -0.3 is 10.1 Å². The van der Waals surface area contributed by atoms with Crippen LogP contribution in [0.4, 0.5) is 20.2 Å². The lowest BCUT2D eigenvalue weighted by molar-refractivity contribution is -0.384. The number of rotatable bonds is 5. The highest BCUT2D eigenvalue weighted by molar-refractivity contribution is 5.55. The van der Waals surface area contributed by atoms with Crippen LogP contribution in [0.3, 0.4) is 0 Å². The van der Waals surface area contributed by atoms with E-state index >= 15 is 0 Å². The summed E-state index contributed by atoms with van der Waals surface area (Å²) in [7, 11) is 1.65. The Morgan fingerprint density at radius 3 is 2.67 bits per heavy atom. The third-order valence-corrected chi connectivity index (χ3v) is 2.85. The highest BCUT2D eigenvalue weighted by Gasteiger charge is 2.12. The minimum Gasteiger partial charge on any atom is -0.486 e. The Morgan fingerprint density at radius 1 is 1.24 bits per heavy atom. The summed E-state index contributed by atoms with van der Waals surface area (Å²) in [5.74, 6) is -1.57. The number of halogens is 2. The molecule has 0 radical (unpaired) electrons. The van der Waals surface area contributed by atoms with Crippen LogP contribution in [-0.4, -0.2) is 12.0 Å². The molecule has 0 heterocycles. The van der Waals surface area contributed by atoms with Gasteiger partial charge in [0, 0.05) is 36.5 Å². The maximum Gasteiger partial charge on any atom is 0.269 e. The van der Waals surface area contributed by atoms with Crippen molar-refractivity contribution in [2.24, 2.45) is 0 Å². The number of anilines is 1. The SMILES string of the molecule is CNc1ccc([N+](=O)[O-])cc1COc1cc(F)ccc1F. The quantitative estimate of drug-likeness (QED) is 0.677. The molecule has 1 N–H and O–H groups in total. The first kappa shape index (κ1) is 14.7. The molecule has 0 spiro atoms. The number of nitrogens with zero attached hydrogens (tertiary/aromatic N) is 1. The Morgan fingerprint density at radius 2 is 2.00 bits per heavy atom. The summed E-state index contributed by atoms with van der Waals surface area (Å²) in [6.45, 7) is -0.127. The Bertz CT molecular complexity index is 677. The lowest BCUT2D eigenvalue weighted by Crippen LogP contribution is -2.03. The van der Waals surface area contributed by atoms with E-state index < -0.39 is 16.6 Å². The molecule has 0 bridgehead atoms. The van der Waals surface area contributed by atoms with Crippen molar-refractivity contribution >= 4 is 11.4 Å². The van der Waals surface area contributed by atoms with Gasteiger partial charge in [0.1, 0.15) is 12.4 Å². The van der Waals surface area contributed by atoms with Crippen LogP contribution < -0.4 is 10.1 Å². The van der Waals surface area contributed by atoms with E-state index in [-0.39, 0.29) is 18.0 Å². The number of non-ortho nitro benzene ring substituents is 1. The fraction of sp³-hybridized carbons (Fsp3) is 0.143. The van der Waals surface area contributed by atoms with Crippen LogP contribution in [0.2, 0.25) is 0 Å². The number of hydrogen-bond acceptors (Lipinski definition) is 4. The Balaban J connectivity index is 2.24. The molecule has 0 saturated heterocycles. The van der Waals surface area contributed by atoms with Crippen LogP contribution in [0.25, 0.3) is 0 Å². The summed E-state index contributed by atoms with van der Waals surface area (Å²) in [6, 6.07) is 7.05. The molecule has 0 fully saturated rings. The van der Waals surface area contributed by atoms with Crippen LogP contribution in [0.1, 0.15) is 5.56 Å². The zero-order valence-electron chi connectivity index (χ0n) is 11.1. The van der Waals surface area contributed by atoms with Crippen molar-refractivity contribution < 1.29 is 18.4 Å². The topological polar surface area (TPSA) is 64.4 Å². The van der Waals surface area contributed by atoms with E-state index in [0.29, 0.717) is 11.3 Å². The van der Waals surface area contributed by atoms with Crippen LogP contribution in [0.5, 0.6) is 5.75 Å². The number of benzene rings is 2. The van der Waals surface area contributed by atoms with Crippen molar-refractivity contribution in [2.45, 2.75) is 6.61 Å². The van der Waals surface area contributed by atoms with E-state index in [1.165, 1.54) is 18.2 Å². The minimum absolute atomic E-state index is 0.104. The lowest BCUT2D eigenvalue weighted by atomic mass is 10.1. The average molecular weight is 294 g/mol. The standard InChI is InChI=1S/C14H12F2N2O3/c1-17-13-5-3-11(18(19)20)6-9(13)8-21-14-7-10(15)2-4-12(14)16/h2-7,17H,8H2,1H3. The molecule has 0 amide bonds. The molecule has 2 aromatic rings. The molecule has 0 aliphatic rings. The van der Waals surface area contributed by atoms with Gasteiger partial charge in [-0.05, 0) is 18.2 Å². The van der Waals surface area contributed by atoms with Crippen LogP contribution >= 0.6 is 0 Å². The minimum atomic E-state index is -0.701. The van der Waals surface area contributed by atoms with Gasteiger partial charge in [0.15, 0.2) is 11.6 Å². The summed E-state index contributed by atoms with van der Waals surface area (Å²) < 4.78 is 31.7. The van der Waals surface area contributed by atoms with Gasteiger partial charge in [-0.25, -0.2) is 8.78 Å². The van der Waals surface area contributed by atoms with E-state index in [4.69, 9.17) is 4.74 Å². The van der Waals surface area contributed by atoms with E-state index in [9.17, 15) is 18.9 Å². The smallest absolute Gasteiger partial charge is 0.269 e. The van der Waals surface area contributed by atoms with Crippen molar-refractivity contribution in [3.8, 4) is 5.75 Å². The summed E-state index contributed by atoms with van der Waals surface area (Å²) in [5, 5.41) is 13.6. The predicted octanol–water partition coefficient (Wildman–Crippen LogP) is 3.49.